The van der Waals surface area contributed by atoms with E-state index in [1.54, 1.807) is 0 Å². The second-order valence-corrected chi connectivity index (χ2v) is 6.03. The van der Waals surface area contributed by atoms with Crippen LogP contribution in [0.5, 0.6) is 0 Å². The minimum Gasteiger partial charge on any atom is -0.302 e. The summed E-state index contributed by atoms with van der Waals surface area (Å²) in [4.78, 5) is 27.3. The van der Waals surface area contributed by atoms with Crippen LogP contribution in [0.1, 0.15) is 33.1 Å². The van der Waals surface area contributed by atoms with Gasteiger partial charge in [0.05, 0.1) is 11.5 Å². The first-order valence-electron chi connectivity index (χ1n) is 6.55. The fraction of sp³-hybridized carbons (Fsp3) is 0.714. The van der Waals surface area contributed by atoms with E-state index in [4.69, 9.17) is 6.57 Å². The first-order valence-corrected chi connectivity index (χ1v) is 6.55. The predicted molar refractivity (Wildman–Crippen MR) is 67.3 cm³/mol. The molecule has 1 saturated heterocycles. The molecule has 5 atom stereocenters. The fourth-order valence-corrected chi connectivity index (χ4v) is 4.01. The number of amides is 2. The molecule has 2 rings (SSSR count). The SMILES string of the molecule is [C-]#[N+]C1C(=O)NC(=O)C(C#N)C12C[C@H](C)C[C@H](C)C2. The number of nitriles is 1. The Hall–Kier alpha value is -1.88. The maximum Gasteiger partial charge on any atom is 0.310 e. The number of nitrogens with zero attached hydrogens (tertiary/aromatic N) is 2. The highest BCUT2D eigenvalue weighted by Crippen LogP contribution is 2.51. The lowest BCUT2D eigenvalue weighted by Gasteiger charge is -2.46. The van der Waals surface area contributed by atoms with Crippen molar-refractivity contribution < 1.29 is 9.59 Å². The van der Waals surface area contributed by atoms with Crippen LogP contribution in [0.3, 0.4) is 0 Å². The molecule has 1 aliphatic carbocycles. The summed E-state index contributed by atoms with van der Waals surface area (Å²) in [5.41, 5.74) is -0.799. The van der Waals surface area contributed by atoms with Gasteiger partial charge in [0, 0.05) is 0 Å². The van der Waals surface area contributed by atoms with E-state index >= 15 is 0 Å². The van der Waals surface area contributed by atoms with Gasteiger partial charge in [-0.3, -0.25) is 14.9 Å². The lowest BCUT2D eigenvalue weighted by atomic mass is 9.56. The van der Waals surface area contributed by atoms with E-state index < -0.39 is 29.2 Å². The van der Waals surface area contributed by atoms with E-state index in [1.807, 2.05) is 6.07 Å². The highest BCUT2D eigenvalue weighted by atomic mass is 16.2. The molecule has 2 aliphatic rings. The van der Waals surface area contributed by atoms with Gasteiger partial charge in [-0.1, -0.05) is 13.8 Å². The van der Waals surface area contributed by atoms with Crippen molar-refractivity contribution >= 4 is 11.8 Å². The monoisotopic (exact) mass is 259 g/mol. The Balaban J connectivity index is 2.51. The van der Waals surface area contributed by atoms with Gasteiger partial charge in [0.25, 0.3) is 0 Å². The third-order valence-electron chi connectivity index (χ3n) is 4.40. The minimum atomic E-state index is -0.917. The van der Waals surface area contributed by atoms with E-state index in [9.17, 15) is 14.9 Å². The van der Waals surface area contributed by atoms with Crippen LogP contribution in [0.15, 0.2) is 0 Å². The van der Waals surface area contributed by atoms with Gasteiger partial charge in [0.2, 0.25) is 5.91 Å². The molecule has 100 valence electrons. The molecule has 19 heavy (non-hydrogen) atoms. The minimum absolute atomic E-state index is 0.322. The maximum absolute atomic E-state index is 11.9. The molecule has 1 aliphatic heterocycles. The molecule has 0 aromatic carbocycles. The molecule has 0 aromatic heterocycles. The summed E-state index contributed by atoms with van der Waals surface area (Å²) in [6.07, 6.45) is 2.21. The Bertz CT molecular complexity index is 456. The second kappa shape index (κ2) is 4.66. The number of carbonyl (C=O) groups is 2. The Kier molecular flexibility index (Phi) is 3.32. The molecule has 0 bridgehead atoms. The smallest absolute Gasteiger partial charge is 0.302 e. The van der Waals surface area contributed by atoms with Crippen LogP contribution >= 0.6 is 0 Å². The van der Waals surface area contributed by atoms with Crippen molar-refractivity contribution in [2.45, 2.75) is 39.2 Å². The Morgan fingerprint density at radius 3 is 2.37 bits per heavy atom. The molecule has 1 heterocycles. The number of nitrogens with one attached hydrogen (secondary N) is 1. The normalized spacial score (nSPS) is 42.3. The molecule has 2 fully saturated rings. The summed E-state index contributed by atoms with van der Waals surface area (Å²) in [7, 11) is 0. The zero-order valence-electron chi connectivity index (χ0n) is 11.1. The van der Waals surface area contributed by atoms with Crippen molar-refractivity contribution in [2.75, 3.05) is 0 Å². The summed E-state index contributed by atoms with van der Waals surface area (Å²) in [6.45, 7) is 11.4. The molecular formula is C14H17N3O2. The van der Waals surface area contributed by atoms with Crippen LogP contribution in [0.4, 0.5) is 0 Å². The number of rotatable bonds is 0. The van der Waals surface area contributed by atoms with Crippen molar-refractivity contribution in [1.29, 1.82) is 5.26 Å². The molecule has 5 nitrogen and oxygen atoms in total. The van der Waals surface area contributed by atoms with Crippen molar-refractivity contribution in [3.8, 4) is 6.07 Å². The predicted octanol–water partition coefficient (Wildman–Crippen LogP) is 1.51. The molecule has 3 unspecified atom stereocenters. The van der Waals surface area contributed by atoms with Crippen molar-refractivity contribution in [3.05, 3.63) is 11.4 Å². The summed E-state index contributed by atoms with van der Waals surface area (Å²) in [5.74, 6) is -1.32. The second-order valence-electron chi connectivity index (χ2n) is 6.03. The van der Waals surface area contributed by atoms with Crippen molar-refractivity contribution in [1.82, 2.24) is 5.32 Å². The average molecular weight is 259 g/mol. The molecule has 2 amide bonds. The van der Waals surface area contributed by atoms with E-state index in [1.165, 1.54) is 0 Å². The van der Waals surface area contributed by atoms with Crippen LogP contribution in [-0.4, -0.2) is 17.9 Å². The third kappa shape index (κ3) is 2.00. The third-order valence-corrected chi connectivity index (χ3v) is 4.40. The summed E-state index contributed by atoms with van der Waals surface area (Å²) in [6, 6.07) is 1.12. The van der Waals surface area contributed by atoms with Gasteiger partial charge in [-0.25, -0.2) is 6.57 Å². The summed E-state index contributed by atoms with van der Waals surface area (Å²) in [5, 5.41) is 11.5. The van der Waals surface area contributed by atoms with Gasteiger partial charge >= 0.3 is 11.9 Å². The van der Waals surface area contributed by atoms with Crippen LogP contribution in [0.25, 0.3) is 4.85 Å². The molecule has 0 aromatic rings. The van der Waals surface area contributed by atoms with E-state index in [2.05, 4.69) is 24.0 Å². The molecule has 0 radical (unpaired) electrons. The first kappa shape index (κ1) is 13.5. The van der Waals surface area contributed by atoms with Crippen LogP contribution in [0, 0.1) is 41.1 Å². The molecule has 1 saturated carbocycles. The summed E-state index contributed by atoms with van der Waals surface area (Å²) >= 11 is 0. The highest BCUT2D eigenvalue weighted by Gasteiger charge is 2.62. The highest BCUT2D eigenvalue weighted by molar-refractivity contribution is 6.04. The maximum atomic E-state index is 11.9. The largest absolute Gasteiger partial charge is 0.310 e. The van der Waals surface area contributed by atoms with Gasteiger partial charge in [0.15, 0.2) is 0 Å². The number of hydrogen-bond donors (Lipinski definition) is 1. The van der Waals surface area contributed by atoms with Gasteiger partial charge in [-0.05, 0) is 31.1 Å². The quantitative estimate of drug-likeness (QED) is 0.529. The molecule has 1 spiro atoms. The van der Waals surface area contributed by atoms with Gasteiger partial charge in [0.1, 0.15) is 5.92 Å². The van der Waals surface area contributed by atoms with Crippen LogP contribution < -0.4 is 5.32 Å². The Morgan fingerprint density at radius 2 is 1.89 bits per heavy atom. The van der Waals surface area contributed by atoms with E-state index in [0.717, 1.165) is 6.42 Å². The van der Waals surface area contributed by atoms with Crippen LogP contribution in [0.2, 0.25) is 0 Å². The number of imide groups is 1. The van der Waals surface area contributed by atoms with Gasteiger partial charge in [-0.2, -0.15) is 5.26 Å². The zero-order chi connectivity index (χ0) is 14.2. The average Bonchev–Trinajstić information content (AvgIpc) is 2.27. The van der Waals surface area contributed by atoms with E-state index in [0.29, 0.717) is 24.7 Å². The van der Waals surface area contributed by atoms with Crippen LogP contribution in [-0.2, 0) is 9.59 Å². The fourth-order valence-electron chi connectivity index (χ4n) is 4.01. The van der Waals surface area contributed by atoms with Gasteiger partial charge in [-0.15, -0.1) is 0 Å². The first-order chi connectivity index (χ1) is 8.94. The van der Waals surface area contributed by atoms with Crippen molar-refractivity contribution in [3.63, 3.8) is 0 Å². The lowest BCUT2D eigenvalue weighted by molar-refractivity contribution is -0.144. The Labute approximate surface area is 112 Å². The lowest BCUT2D eigenvalue weighted by Crippen LogP contribution is -2.61. The number of piperidine rings is 1. The molecule has 5 heteroatoms. The topological polar surface area (TPSA) is 74.3 Å². The standard InChI is InChI=1S/C14H17N3O2/c1-8-4-9(2)6-14(5-8)10(7-15)12(18)17-13(19)11(14)16-3/h8-11H,4-6H2,1-2H3,(H,17,18,19)/t8-,9+,10?,11?,14?. The molecule has 1 N–H and O–H groups in total. The van der Waals surface area contributed by atoms with Crippen molar-refractivity contribution in [2.24, 2.45) is 23.2 Å². The summed E-state index contributed by atoms with van der Waals surface area (Å²) < 4.78 is 0. The molecular weight excluding hydrogens is 242 g/mol. The zero-order valence-corrected chi connectivity index (χ0v) is 11.1. The van der Waals surface area contributed by atoms with Gasteiger partial charge < -0.3 is 4.85 Å². The number of carbonyl (C=O) groups excluding carboxylic acids is 2. The number of hydrogen-bond acceptors (Lipinski definition) is 3. The Morgan fingerprint density at radius 1 is 1.32 bits per heavy atom. The van der Waals surface area contributed by atoms with E-state index in [-0.39, 0.29) is 0 Å².